The second-order valence-electron chi connectivity index (χ2n) is 4.16. The lowest BCUT2D eigenvalue weighted by atomic mass is 10.3. The molecule has 19 heavy (non-hydrogen) atoms. The van der Waals surface area contributed by atoms with E-state index in [1.807, 2.05) is 13.8 Å². The normalized spacial score (nSPS) is 10.2. The lowest BCUT2D eigenvalue weighted by Crippen LogP contribution is -2.42. The van der Waals surface area contributed by atoms with Gasteiger partial charge < -0.3 is 16.0 Å². The van der Waals surface area contributed by atoms with Gasteiger partial charge in [-0.2, -0.15) is 0 Å². The number of carbonyl (C=O) groups is 1. The maximum Gasteiger partial charge on any atom is 0.243 e. The Morgan fingerprint density at radius 2 is 2.00 bits per heavy atom. The van der Waals surface area contributed by atoms with E-state index in [1.54, 1.807) is 0 Å². The highest BCUT2D eigenvalue weighted by molar-refractivity contribution is 7.80. The second-order valence-corrected chi connectivity index (χ2v) is 4.57. The lowest BCUT2D eigenvalue weighted by Gasteiger charge is -2.13. The fourth-order valence-corrected chi connectivity index (χ4v) is 1.56. The van der Waals surface area contributed by atoms with Crippen LogP contribution in [0.2, 0.25) is 0 Å². The van der Waals surface area contributed by atoms with Crippen LogP contribution in [-0.2, 0) is 4.79 Å². The van der Waals surface area contributed by atoms with Gasteiger partial charge >= 0.3 is 0 Å². The SMILES string of the molecule is CC(C)NC(=S)NCC(=O)Nc1ccc(F)c(F)c1. The van der Waals surface area contributed by atoms with Crippen LogP contribution in [0.15, 0.2) is 18.2 Å². The zero-order chi connectivity index (χ0) is 14.4. The molecule has 1 aromatic rings. The average molecular weight is 287 g/mol. The first-order valence-corrected chi connectivity index (χ1v) is 6.08. The lowest BCUT2D eigenvalue weighted by molar-refractivity contribution is -0.115. The van der Waals surface area contributed by atoms with Crippen LogP contribution in [0.4, 0.5) is 14.5 Å². The van der Waals surface area contributed by atoms with Crippen LogP contribution >= 0.6 is 12.2 Å². The highest BCUT2D eigenvalue weighted by atomic mass is 32.1. The molecule has 0 fully saturated rings. The first-order valence-electron chi connectivity index (χ1n) is 5.67. The molecule has 0 saturated heterocycles. The number of carbonyl (C=O) groups excluding carboxylic acids is 1. The molecule has 1 aromatic carbocycles. The molecular weight excluding hydrogens is 272 g/mol. The number of halogens is 2. The van der Waals surface area contributed by atoms with Gasteiger partial charge in [0.15, 0.2) is 16.7 Å². The molecule has 0 aliphatic rings. The van der Waals surface area contributed by atoms with Gasteiger partial charge in [0.2, 0.25) is 5.91 Å². The summed E-state index contributed by atoms with van der Waals surface area (Å²) in [4.78, 5) is 11.5. The number of thiocarbonyl (C=S) groups is 1. The average Bonchev–Trinajstić information content (AvgIpc) is 2.30. The standard InChI is InChI=1S/C12H15F2N3OS/c1-7(2)16-12(19)15-6-11(18)17-8-3-4-9(13)10(14)5-8/h3-5,7H,6H2,1-2H3,(H,17,18)(H2,15,16,19). The summed E-state index contributed by atoms with van der Waals surface area (Å²) < 4.78 is 25.6. The molecule has 0 aromatic heterocycles. The Labute approximate surface area is 115 Å². The number of hydrogen-bond donors (Lipinski definition) is 3. The third kappa shape index (κ3) is 5.60. The molecule has 3 N–H and O–H groups in total. The van der Waals surface area contributed by atoms with E-state index in [0.717, 1.165) is 12.1 Å². The fourth-order valence-electron chi connectivity index (χ4n) is 1.25. The Kier molecular flexibility index (Phi) is 5.62. The van der Waals surface area contributed by atoms with Crippen LogP contribution < -0.4 is 16.0 Å². The van der Waals surface area contributed by atoms with Gasteiger partial charge in [-0.1, -0.05) is 0 Å². The first-order chi connectivity index (χ1) is 8.88. The highest BCUT2D eigenvalue weighted by Gasteiger charge is 2.07. The zero-order valence-corrected chi connectivity index (χ0v) is 11.4. The van der Waals surface area contributed by atoms with E-state index in [9.17, 15) is 13.6 Å². The van der Waals surface area contributed by atoms with Crippen molar-refractivity contribution in [3.05, 3.63) is 29.8 Å². The molecule has 0 bridgehead atoms. The molecule has 0 aliphatic heterocycles. The van der Waals surface area contributed by atoms with Gasteiger partial charge in [0.1, 0.15) is 0 Å². The van der Waals surface area contributed by atoms with Crippen LogP contribution in [0, 0.1) is 11.6 Å². The van der Waals surface area contributed by atoms with E-state index in [-0.39, 0.29) is 18.3 Å². The topological polar surface area (TPSA) is 53.2 Å². The van der Waals surface area contributed by atoms with Crippen molar-refractivity contribution in [2.75, 3.05) is 11.9 Å². The third-order valence-electron chi connectivity index (χ3n) is 2.03. The Bertz CT molecular complexity index is 480. The molecule has 0 radical (unpaired) electrons. The summed E-state index contributed by atoms with van der Waals surface area (Å²) in [5, 5.41) is 8.39. The van der Waals surface area contributed by atoms with E-state index in [0.29, 0.717) is 5.11 Å². The van der Waals surface area contributed by atoms with E-state index >= 15 is 0 Å². The Hall–Kier alpha value is -1.76. The predicted molar refractivity (Wildman–Crippen MR) is 73.9 cm³/mol. The maximum atomic E-state index is 12.9. The number of benzene rings is 1. The van der Waals surface area contributed by atoms with E-state index < -0.39 is 17.5 Å². The summed E-state index contributed by atoms with van der Waals surface area (Å²) >= 11 is 4.94. The zero-order valence-electron chi connectivity index (χ0n) is 10.6. The smallest absolute Gasteiger partial charge is 0.243 e. The minimum absolute atomic E-state index is 0.0580. The number of rotatable bonds is 4. The first kappa shape index (κ1) is 15.3. The monoisotopic (exact) mass is 287 g/mol. The molecule has 0 spiro atoms. The third-order valence-corrected chi connectivity index (χ3v) is 2.29. The van der Waals surface area contributed by atoms with Crippen molar-refractivity contribution in [3.63, 3.8) is 0 Å². The van der Waals surface area contributed by atoms with Crippen molar-refractivity contribution in [2.24, 2.45) is 0 Å². The van der Waals surface area contributed by atoms with Crippen molar-refractivity contribution < 1.29 is 13.6 Å². The van der Waals surface area contributed by atoms with Gasteiger partial charge in [0.25, 0.3) is 0 Å². The quantitative estimate of drug-likeness (QED) is 0.739. The molecule has 1 rings (SSSR count). The minimum Gasteiger partial charge on any atom is -0.361 e. The molecule has 0 saturated carbocycles. The molecule has 0 atom stereocenters. The van der Waals surface area contributed by atoms with Gasteiger partial charge in [0.05, 0.1) is 6.54 Å². The van der Waals surface area contributed by atoms with Crippen molar-refractivity contribution in [1.82, 2.24) is 10.6 Å². The van der Waals surface area contributed by atoms with E-state index in [1.165, 1.54) is 6.07 Å². The molecule has 0 heterocycles. The summed E-state index contributed by atoms with van der Waals surface area (Å²) in [6, 6.07) is 3.30. The number of hydrogen-bond acceptors (Lipinski definition) is 2. The summed E-state index contributed by atoms with van der Waals surface area (Å²) in [6.07, 6.45) is 0. The fraction of sp³-hybridized carbons (Fsp3) is 0.333. The molecule has 0 aliphatic carbocycles. The van der Waals surface area contributed by atoms with Crippen molar-refractivity contribution >= 4 is 28.9 Å². The molecular formula is C12H15F2N3OS. The minimum atomic E-state index is -1.01. The molecule has 4 nitrogen and oxygen atoms in total. The van der Waals surface area contributed by atoms with Crippen molar-refractivity contribution in [3.8, 4) is 0 Å². The second kappa shape index (κ2) is 6.98. The van der Waals surface area contributed by atoms with Crippen LogP contribution in [-0.4, -0.2) is 23.6 Å². The van der Waals surface area contributed by atoms with Gasteiger partial charge in [-0.25, -0.2) is 8.78 Å². The summed E-state index contributed by atoms with van der Waals surface area (Å²) in [5.74, 6) is -2.37. The summed E-state index contributed by atoms with van der Waals surface area (Å²) in [5.41, 5.74) is 0.188. The summed E-state index contributed by atoms with van der Waals surface area (Å²) in [7, 11) is 0. The van der Waals surface area contributed by atoms with Gasteiger partial charge in [-0.05, 0) is 38.2 Å². The maximum absolute atomic E-state index is 12.9. The number of anilines is 1. The summed E-state index contributed by atoms with van der Waals surface area (Å²) in [6.45, 7) is 3.77. The molecule has 1 amide bonds. The van der Waals surface area contributed by atoms with E-state index in [4.69, 9.17) is 12.2 Å². The van der Waals surface area contributed by atoms with Crippen LogP contribution in [0.1, 0.15) is 13.8 Å². The van der Waals surface area contributed by atoms with Crippen molar-refractivity contribution in [2.45, 2.75) is 19.9 Å². The number of nitrogens with one attached hydrogen (secondary N) is 3. The van der Waals surface area contributed by atoms with Crippen LogP contribution in [0.5, 0.6) is 0 Å². The Morgan fingerprint density at radius 1 is 1.32 bits per heavy atom. The molecule has 0 unspecified atom stereocenters. The molecule has 104 valence electrons. The van der Waals surface area contributed by atoms with Gasteiger partial charge in [-0.15, -0.1) is 0 Å². The van der Waals surface area contributed by atoms with Gasteiger partial charge in [0, 0.05) is 17.8 Å². The van der Waals surface area contributed by atoms with E-state index in [2.05, 4.69) is 16.0 Å². The van der Waals surface area contributed by atoms with Crippen molar-refractivity contribution in [1.29, 1.82) is 0 Å². The largest absolute Gasteiger partial charge is 0.361 e. The predicted octanol–water partition coefficient (Wildman–Crippen LogP) is 1.78. The Balaban J connectivity index is 2.43. The van der Waals surface area contributed by atoms with Crippen LogP contribution in [0.3, 0.4) is 0 Å². The Morgan fingerprint density at radius 3 is 2.58 bits per heavy atom. The number of amides is 1. The van der Waals surface area contributed by atoms with Gasteiger partial charge in [-0.3, -0.25) is 4.79 Å². The van der Waals surface area contributed by atoms with Crippen LogP contribution in [0.25, 0.3) is 0 Å². The highest BCUT2D eigenvalue weighted by Crippen LogP contribution is 2.12. The molecule has 7 heteroatoms.